The van der Waals surface area contributed by atoms with Crippen molar-refractivity contribution < 1.29 is 0 Å². The smallest absolute Gasteiger partial charge is 0.0705 e. The predicted molar refractivity (Wildman–Crippen MR) is 96.4 cm³/mol. The number of rotatable bonds is 4. The number of halogens is 1. The van der Waals surface area contributed by atoms with Gasteiger partial charge in [0.2, 0.25) is 0 Å². The monoisotopic (exact) mass is 388 g/mol. The summed E-state index contributed by atoms with van der Waals surface area (Å²) >= 11 is 2.40. The summed E-state index contributed by atoms with van der Waals surface area (Å²) in [4.78, 5) is 4.47. The van der Waals surface area contributed by atoms with E-state index < -0.39 is 0 Å². The van der Waals surface area contributed by atoms with Crippen molar-refractivity contribution >= 4 is 33.5 Å². The lowest BCUT2D eigenvalue weighted by Gasteiger charge is -2.20. The molecular formula is C18H17IN2. The highest BCUT2D eigenvalue weighted by molar-refractivity contribution is 14.1. The number of benzene rings is 2. The summed E-state index contributed by atoms with van der Waals surface area (Å²) in [6, 6.07) is 19.3. The maximum Gasteiger partial charge on any atom is 0.0705 e. The Hall–Kier alpha value is -1.46. The van der Waals surface area contributed by atoms with E-state index in [9.17, 15) is 0 Å². The second-order valence-electron chi connectivity index (χ2n) is 4.97. The number of nitrogens with zero attached hydrogens (tertiary/aromatic N) is 1. The van der Waals surface area contributed by atoms with Crippen molar-refractivity contribution in [2.75, 3.05) is 6.54 Å². The van der Waals surface area contributed by atoms with Gasteiger partial charge in [0.05, 0.1) is 11.6 Å². The molecule has 1 heterocycles. The van der Waals surface area contributed by atoms with Crippen LogP contribution >= 0.6 is 22.6 Å². The van der Waals surface area contributed by atoms with E-state index in [0.29, 0.717) is 0 Å². The van der Waals surface area contributed by atoms with E-state index in [-0.39, 0.29) is 6.04 Å². The second kappa shape index (κ2) is 6.54. The fourth-order valence-electron chi connectivity index (χ4n) is 2.58. The molecule has 1 unspecified atom stereocenters. The van der Waals surface area contributed by atoms with Gasteiger partial charge in [-0.25, -0.2) is 0 Å². The maximum atomic E-state index is 4.47. The Bertz CT molecular complexity index is 755. The first kappa shape index (κ1) is 14.5. The Kier molecular flexibility index (Phi) is 4.51. The lowest BCUT2D eigenvalue weighted by Crippen LogP contribution is -2.22. The van der Waals surface area contributed by atoms with Gasteiger partial charge in [0.15, 0.2) is 0 Å². The largest absolute Gasteiger partial charge is 0.306 e. The Labute approximate surface area is 138 Å². The molecule has 0 spiro atoms. The van der Waals surface area contributed by atoms with Crippen molar-refractivity contribution in [3.8, 4) is 0 Å². The van der Waals surface area contributed by atoms with Crippen LogP contribution in [0.1, 0.15) is 24.1 Å². The quantitative estimate of drug-likeness (QED) is 0.664. The molecule has 0 fully saturated rings. The van der Waals surface area contributed by atoms with Gasteiger partial charge in [0, 0.05) is 15.2 Å². The maximum absolute atomic E-state index is 4.47. The van der Waals surface area contributed by atoms with E-state index in [4.69, 9.17) is 0 Å². The van der Waals surface area contributed by atoms with Gasteiger partial charge in [0.25, 0.3) is 0 Å². The molecule has 1 N–H and O–H groups in total. The Morgan fingerprint density at radius 2 is 1.95 bits per heavy atom. The van der Waals surface area contributed by atoms with Gasteiger partial charge in [-0.2, -0.15) is 0 Å². The molecule has 0 saturated carbocycles. The standard InChI is InChI=1S/C18H17IN2/c1-2-20-18(15-7-3-4-8-16(15)19)14-10-9-13-6-5-11-21-17(13)12-14/h3-12,18,20H,2H2,1H3. The van der Waals surface area contributed by atoms with Crippen LogP contribution in [0.15, 0.2) is 60.8 Å². The van der Waals surface area contributed by atoms with E-state index in [0.717, 1.165) is 12.1 Å². The third-order valence-corrected chi connectivity index (χ3v) is 4.57. The summed E-state index contributed by atoms with van der Waals surface area (Å²) in [5, 5.41) is 4.77. The zero-order chi connectivity index (χ0) is 14.7. The van der Waals surface area contributed by atoms with E-state index in [1.807, 2.05) is 12.3 Å². The van der Waals surface area contributed by atoms with Crippen LogP contribution in [-0.2, 0) is 0 Å². The summed E-state index contributed by atoms with van der Waals surface area (Å²) < 4.78 is 1.28. The first-order chi connectivity index (χ1) is 10.3. The van der Waals surface area contributed by atoms with E-state index in [1.165, 1.54) is 20.1 Å². The molecule has 3 heteroatoms. The van der Waals surface area contributed by atoms with Crippen LogP contribution in [0, 0.1) is 3.57 Å². The van der Waals surface area contributed by atoms with Crippen LogP contribution in [0.2, 0.25) is 0 Å². The molecule has 2 nitrogen and oxygen atoms in total. The lowest BCUT2D eigenvalue weighted by molar-refractivity contribution is 0.629. The summed E-state index contributed by atoms with van der Waals surface area (Å²) in [5.41, 5.74) is 3.62. The SMILES string of the molecule is CCNC(c1ccc2cccnc2c1)c1ccccc1I. The molecule has 0 aliphatic heterocycles. The van der Waals surface area contributed by atoms with Gasteiger partial charge in [-0.15, -0.1) is 0 Å². The van der Waals surface area contributed by atoms with Crippen molar-refractivity contribution in [1.29, 1.82) is 0 Å². The molecule has 2 aromatic carbocycles. The molecule has 0 bridgehead atoms. The normalized spacial score (nSPS) is 12.5. The van der Waals surface area contributed by atoms with E-state index in [1.54, 1.807) is 0 Å². The highest BCUT2D eigenvalue weighted by atomic mass is 127. The van der Waals surface area contributed by atoms with Crippen LogP contribution in [0.4, 0.5) is 0 Å². The topological polar surface area (TPSA) is 24.9 Å². The van der Waals surface area contributed by atoms with Gasteiger partial charge in [0.1, 0.15) is 0 Å². The summed E-state index contributed by atoms with van der Waals surface area (Å²) in [7, 11) is 0. The Balaban J connectivity index is 2.09. The minimum Gasteiger partial charge on any atom is -0.306 e. The molecule has 1 atom stereocenters. The fraction of sp³-hybridized carbons (Fsp3) is 0.167. The number of fused-ring (bicyclic) bond motifs is 1. The number of hydrogen-bond acceptors (Lipinski definition) is 2. The Morgan fingerprint density at radius 3 is 2.76 bits per heavy atom. The van der Waals surface area contributed by atoms with E-state index in [2.05, 4.69) is 88.3 Å². The average Bonchev–Trinajstić information content (AvgIpc) is 2.53. The number of nitrogens with one attached hydrogen (secondary N) is 1. The number of pyridine rings is 1. The molecule has 106 valence electrons. The third kappa shape index (κ3) is 3.09. The average molecular weight is 388 g/mol. The van der Waals surface area contributed by atoms with Crippen molar-refractivity contribution in [1.82, 2.24) is 10.3 Å². The summed E-state index contributed by atoms with van der Waals surface area (Å²) in [5.74, 6) is 0. The molecule has 21 heavy (non-hydrogen) atoms. The number of hydrogen-bond donors (Lipinski definition) is 1. The fourth-order valence-corrected chi connectivity index (χ4v) is 3.28. The first-order valence-electron chi connectivity index (χ1n) is 7.12. The molecule has 0 saturated heterocycles. The zero-order valence-electron chi connectivity index (χ0n) is 11.9. The molecule has 1 aromatic heterocycles. The van der Waals surface area contributed by atoms with Gasteiger partial charge >= 0.3 is 0 Å². The molecule has 3 rings (SSSR count). The van der Waals surface area contributed by atoms with Crippen molar-refractivity contribution in [3.63, 3.8) is 0 Å². The molecule has 3 aromatic rings. The van der Waals surface area contributed by atoms with Gasteiger partial charge in [-0.3, -0.25) is 4.98 Å². The van der Waals surface area contributed by atoms with Gasteiger partial charge in [-0.1, -0.05) is 43.3 Å². The van der Waals surface area contributed by atoms with Crippen LogP contribution in [0.5, 0.6) is 0 Å². The van der Waals surface area contributed by atoms with E-state index >= 15 is 0 Å². The predicted octanol–water partition coefficient (Wildman–Crippen LogP) is 4.54. The summed E-state index contributed by atoms with van der Waals surface area (Å²) in [6.45, 7) is 3.07. The molecule has 0 amide bonds. The molecular weight excluding hydrogens is 371 g/mol. The summed E-state index contributed by atoms with van der Waals surface area (Å²) in [6.07, 6.45) is 1.85. The van der Waals surface area contributed by atoms with Crippen LogP contribution < -0.4 is 5.32 Å². The Morgan fingerprint density at radius 1 is 1.10 bits per heavy atom. The minimum atomic E-state index is 0.203. The van der Waals surface area contributed by atoms with Crippen molar-refractivity contribution in [2.24, 2.45) is 0 Å². The molecule has 0 radical (unpaired) electrons. The van der Waals surface area contributed by atoms with Gasteiger partial charge in [-0.05, 0) is 58.5 Å². The lowest BCUT2D eigenvalue weighted by atomic mass is 9.97. The van der Waals surface area contributed by atoms with Crippen LogP contribution in [-0.4, -0.2) is 11.5 Å². The van der Waals surface area contributed by atoms with Crippen molar-refractivity contribution in [2.45, 2.75) is 13.0 Å². The minimum absolute atomic E-state index is 0.203. The first-order valence-corrected chi connectivity index (χ1v) is 8.20. The molecule has 0 aliphatic rings. The second-order valence-corrected chi connectivity index (χ2v) is 6.13. The highest BCUT2D eigenvalue weighted by Crippen LogP contribution is 2.28. The third-order valence-electron chi connectivity index (χ3n) is 3.59. The van der Waals surface area contributed by atoms with Crippen LogP contribution in [0.3, 0.4) is 0 Å². The molecule has 0 aliphatic carbocycles. The zero-order valence-corrected chi connectivity index (χ0v) is 14.0. The highest BCUT2D eigenvalue weighted by Gasteiger charge is 2.15. The van der Waals surface area contributed by atoms with Gasteiger partial charge < -0.3 is 5.32 Å². The van der Waals surface area contributed by atoms with Crippen LogP contribution in [0.25, 0.3) is 10.9 Å². The van der Waals surface area contributed by atoms with Crippen molar-refractivity contribution in [3.05, 3.63) is 75.5 Å². The number of aromatic nitrogens is 1.